The van der Waals surface area contributed by atoms with Gasteiger partial charge in [0.15, 0.2) is 0 Å². The van der Waals surface area contributed by atoms with E-state index in [0.717, 1.165) is 120 Å². The van der Waals surface area contributed by atoms with Gasteiger partial charge in [0.1, 0.15) is 17.5 Å². The Labute approximate surface area is 381 Å². The van der Waals surface area contributed by atoms with Crippen molar-refractivity contribution < 1.29 is 33.5 Å². The van der Waals surface area contributed by atoms with Crippen molar-refractivity contribution in [1.29, 1.82) is 0 Å². The van der Waals surface area contributed by atoms with Crippen LogP contribution < -0.4 is 20.7 Å². The number of aromatic nitrogens is 5. The summed E-state index contributed by atoms with van der Waals surface area (Å²) in [6.07, 6.45) is 16.7. The van der Waals surface area contributed by atoms with Gasteiger partial charge in [-0.05, 0) is 82.2 Å². The van der Waals surface area contributed by atoms with E-state index in [2.05, 4.69) is 47.6 Å². The van der Waals surface area contributed by atoms with E-state index in [1.54, 1.807) is 36.4 Å². The number of aromatic amines is 1. The fourth-order valence-corrected chi connectivity index (χ4v) is 9.01. The molecule has 2 aromatic carbocycles. The van der Waals surface area contributed by atoms with Crippen LogP contribution in [0.5, 0.6) is 5.75 Å². The van der Waals surface area contributed by atoms with Crippen molar-refractivity contribution in [2.45, 2.75) is 115 Å². The lowest BCUT2D eigenvalue weighted by molar-refractivity contribution is -0.136. The number of unbranched alkanes of at least 4 members (excludes halogenated alkanes) is 8. The molecule has 4 N–H and O–H groups in total. The van der Waals surface area contributed by atoms with Crippen molar-refractivity contribution in [2.75, 3.05) is 31.6 Å². The van der Waals surface area contributed by atoms with Crippen LogP contribution in [0.25, 0.3) is 0 Å². The monoisotopic (exact) mass is 916 g/mol. The van der Waals surface area contributed by atoms with Gasteiger partial charge in [-0.15, -0.1) is 5.10 Å². The first-order valence-corrected chi connectivity index (χ1v) is 23.0. The number of fused-ring (bicyclic) bond motifs is 1. The minimum absolute atomic E-state index is 0.0260. The number of hydrogen-bond acceptors (Lipinski definition) is 11. The van der Waals surface area contributed by atoms with Crippen molar-refractivity contribution in [1.82, 2.24) is 45.6 Å². The molecule has 2 aromatic heterocycles. The summed E-state index contributed by atoms with van der Waals surface area (Å²) in [5, 5.41) is 23.8. The molecule has 340 valence electrons. The number of rotatable bonds is 22. The van der Waals surface area contributed by atoms with Crippen LogP contribution in [0.2, 0.25) is 10.0 Å². The Morgan fingerprint density at radius 1 is 0.812 bits per heavy atom. The molecule has 5 heterocycles. The van der Waals surface area contributed by atoms with Crippen LogP contribution >= 0.6 is 23.2 Å². The van der Waals surface area contributed by atoms with Gasteiger partial charge >= 0.3 is 0 Å². The lowest BCUT2D eigenvalue weighted by atomic mass is 10.0. The van der Waals surface area contributed by atoms with Crippen LogP contribution in [0, 0.1) is 0 Å². The number of likely N-dealkylation sites (tertiary alicyclic amines) is 1. The predicted molar refractivity (Wildman–Crippen MR) is 238 cm³/mol. The van der Waals surface area contributed by atoms with Crippen molar-refractivity contribution in [3.63, 3.8) is 0 Å². The number of benzene rings is 2. The number of halogens is 2. The number of piperidine rings is 2. The molecule has 3 aliphatic heterocycles. The molecule has 2 saturated heterocycles. The van der Waals surface area contributed by atoms with E-state index in [1.165, 1.54) is 6.20 Å². The first-order valence-electron chi connectivity index (χ1n) is 22.3. The van der Waals surface area contributed by atoms with Crippen LogP contribution in [-0.2, 0) is 22.6 Å². The smallest absolute Gasteiger partial charge is 0.271 e. The van der Waals surface area contributed by atoms with Crippen LogP contribution in [0.3, 0.4) is 0 Å². The topological polar surface area (TPSA) is 214 Å². The zero-order valence-corrected chi connectivity index (χ0v) is 37.2. The quantitative estimate of drug-likeness (QED) is 0.0502. The summed E-state index contributed by atoms with van der Waals surface area (Å²) in [6, 6.07) is 8.72. The molecule has 2 fully saturated rings. The highest BCUT2D eigenvalue weighted by molar-refractivity contribution is 6.40. The van der Waals surface area contributed by atoms with Gasteiger partial charge in [-0.25, -0.2) is 0 Å². The Bertz CT molecular complexity index is 2300. The predicted octanol–water partition coefficient (Wildman–Crippen LogP) is 6.38. The van der Waals surface area contributed by atoms with E-state index in [-0.39, 0.29) is 62.9 Å². The van der Waals surface area contributed by atoms with Crippen molar-refractivity contribution >= 4 is 64.3 Å². The number of carbonyl (C=O) groups excluding carboxylic acids is 6. The molecule has 0 aliphatic carbocycles. The minimum atomic E-state index is -1.01. The second-order valence-electron chi connectivity index (χ2n) is 16.5. The Morgan fingerprint density at radius 3 is 2.28 bits per heavy atom. The third kappa shape index (κ3) is 11.7. The maximum absolute atomic E-state index is 13.3. The highest BCUT2D eigenvalue weighted by Crippen LogP contribution is 2.34. The molecule has 0 spiro atoms. The van der Waals surface area contributed by atoms with Crippen molar-refractivity contribution in [2.24, 2.45) is 0 Å². The van der Waals surface area contributed by atoms with E-state index in [9.17, 15) is 28.8 Å². The number of amides is 6. The summed E-state index contributed by atoms with van der Waals surface area (Å²) in [5.74, 6) is -2.67. The van der Waals surface area contributed by atoms with Gasteiger partial charge in [-0.3, -0.25) is 48.8 Å². The van der Waals surface area contributed by atoms with Gasteiger partial charge in [0.25, 0.3) is 23.6 Å². The molecule has 7 rings (SSSR count). The van der Waals surface area contributed by atoms with E-state index >= 15 is 0 Å². The largest absolute Gasteiger partial charge is 0.493 e. The van der Waals surface area contributed by atoms with E-state index in [4.69, 9.17) is 27.9 Å². The maximum Gasteiger partial charge on any atom is 0.271 e. The SMILES string of the molecule is O=C1CCC(N2C(=O)c3cccc(OCCCCCCCCn4cc(CCCCCCN5CCC(NC(=O)c6[nH]ncc6NC(=O)c6c(Cl)cccc6Cl)CC5)nn4)c3C2=O)C(=O)N1. The second kappa shape index (κ2) is 22.3. The Balaban J connectivity index is 0.693. The second-order valence-corrected chi connectivity index (χ2v) is 17.3. The van der Waals surface area contributed by atoms with E-state index in [0.29, 0.717) is 12.4 Å². The van der Waals surface area contributed by atoms with Gasteiger partial charge in [0.05, 0.1) is 50.9 Å². The molecule has 0 radical (unpaired) electrons. The van der Waals surface area contributed by atoms with Gasteiger partial charge in [0.2, 0.25) is 11.8 Å². The molecule has 1 atom stereocenters. The normalized spacial score (nSPS) is 16.8. The standard InChI is InChI=1S/C45H54Cl2N10O7/c46-32-15-12-16-33(47)39(32)42(60)50-34-27-48-53-40(34)43(61)49-29-20-24-55(25-21-29)22-8-5-3-7-13-30-28-56(54-52-30)23-9-4-1-2-6-10-26-64-36-17-11-14-31-38(36)45(63)57(44(31)62)35-18-19-37(58)51-41(35)59/h11-12,14-17,27-29,35H,1-10,13,18-26H2,(H,48,53)(H,49,61)(H,50,60)(H,51,58,59). The van der Waals surface area contributed by atoms with E-state index in [1.807, 2.05) is 4.68 Å². The van der Waals surface area contributed by atoms with Crippen molar-refractivity contribution in [3.05, 3.63) is 86.9 Å². The Morgan fingerprint density at radius 2 is 1.52 bits per heavy atom. The third-order valence-electron chi connectivity index (χ3n) is 11.9. The van der Waals surface area contributed by atoms with Crippen molar-refractivity contribution in [3.8, 4) is 5.75 Å². The minimum Gasteiger partial charge on any atom is -0.493 e. The van der Waals surface area contributed by atoms with Gasteiger partial charge in [0, 0.05) is 38.3 Å². The van der Waals surface area contributed by atoms with Gasteiger partial charge in [-0.2, -0.15) is 5.10 Å². The molecule has 17 nitrogen and oxygen atoms in total. The summed E-state index contributed by atoms with van der Waals surface area (Å²) < 4.78 is 7.89. The fraction of sp³-hybridized carbons (Fsp3) is 0.489. The number of anilines is 1. The number of H-pyrrole nitrogens is 1. The molecule has 64 heavy (non-hydrogen) atoms. The summed E-state index contributed by atoms with van der Waals surface area (Å²) in [5.41, 5.74) is 1.97. The number of aryl methyl sites for hydroxylation is 2. The summed E-state index contributed by atoms with van der Waals surface area (Å²) in [7, 11) is 0. The average Bonchev–Trinajstić information content (AvgIpc) is 4.00. The lowest BCUT2D eigenvalue weighted by Crippen LogP contribution is -2.54. The van der Waals surface area contributed by atoms with Crippen LogP contribution in [0.4, 0.5) is 5.69 Å². The van der Waals surface area contributed by atoms with Crippen LogP contribution in [0.15, 0.2) is 48.8 Å². The molecule has 4 aromatic rings. The van der Waals surface area contributed by atoms with Gasteiger partial charge < -0.3 is 20.3 Å². The maximum atomic E-state index is 13.3. The number of ether oxygens (including phenoxy) is 1. The first kappa shape index (κ1) is 46.3. The molecule has 0 bridgehead atoms. The molecular formula is C45H54Cl2N10O7. The number of carbonyl (C=O) groups is 6. The third-order valence-corrected chi connectivity index (χ3v) is 12.6. The molecule has 3 aliphatic rings. The van der Waals surface area contributed by atoms with Crippen LogP contribution in [-0.4, -0.2) is 109 Å². The summed E-state index contributed by atoms with van der Waals surface area (Å²) in [6.45, 7) is 4.08. The lowest BCUT2D eigenvalue weighted by Gasteiger charge is -2.32. The van der Waals surface area contributed by atoms with Crippen LogP contribution in [0.1, 0.15) is 137 Å². The number of nitrogens with zero attached hydrogens (tertiary/aromatic N) is 6. The fourth-order valence-electron chi connectivity index (χ4n) is 8.44. The first-order chi connectivity index (χ1) is 31.1. The highest BCUT2D eigenvalue weighted by Gasteiger charge is 2.46. The molecule has 1 unspecified atom stereocenters. The Hall–Kier alpha value is -5.65. The molecule has 19 heteroatoms. The van der Waals surface area contributed by atoms with E-state index < -0.39 is 35.6 Å². The average molecular weight is 918 g/mol. The highest BCUT2D eigenvalue weighted by atomic mass is 35.5. The number of imide groups is 2. The summed E-state index contributed by atoms with van der Waals surface area (Å²) >= 11 is 12.4. The molecule has 6 amide bonds. The molecule has 0 saturated carbocycles. The number of nitrogens with one attached hydrogen (secondary N) is 4. The van der Waals surface area contributed by atoms with Gasteiger partial charge in [-0.1, -0.05) is 79.1 Å². The zero-order chi connectivity index (χ0) is 45.0. The molecular weight excluding hydrogens is 863 g/mol. The number of hydrogen-bond donors (Lipinski definition) is 4. The zero-order valence-electron chi connectivity index (χ0n) is 35.7. The Kier molecular flexibility index (Phi) is 16.2. The summed E-state index contributed by atoms with van der Waals surface area (Å²) in [4.78, 5) is 79.6.